The van der Waals surface area contributed by atoms with Crippen molar-refractivity contribution in [3.05, 3.63) is 263 Å². The number of hydrogen-bond donors (Lipinski definition) is 0. The molecule has 0 aliphatic heterocycles. The van der Waals surface area contributed by atoms with Gasteiger partial charge in [-0.05, 0) is 127 Å². The van der Waals surface area contributed by atoms with Gasteiger partial charge in [0.05, 0.1) is 5.41 Å². The highest BCUT2D eigenvalue weighted by molar-refractivity contribution is 5.88. The van der Waals surface area contributed by atoms with E-state index in [0.29, 0.717) is 0 Å². The van der Waals surface area contributed by atoms with Crippen molar-refractivity contribution in [3.8, 4) is 44.5 Å². The molecule has 0 aromatic heterocycles. The second-order valence-corrected chi connectivity index (χ2v) is 16.2. The molecule has 0 fully saturated rings. The molecule has 1 spiro atoms. The quantitative estimate of drug-likeness (QED) is 0.107. The summed E-state index contributed by atoms with van der Waals surface area (Å²) in [6.45, 7) is 0. The van der Waals surface area contributed by atoms with Crippen molar-refractivity contribution in [1.29, 1.82) is 0 Å². The summed E-state index contributed by atoms with van der Waals surface area (Å²) in [4.78, 5) is 0. The first-order valence-corrected chi connectivity index (χ1v) is 21.5. The summed E-state index contributed by atoms with van der Waals surface area (Å²) >= 11 is 0. The van der Waals surface area contributed by atoms with Crippen molar-refractivity contribution in [2.75, 3.05) is 0 Å². The highest BCUT2D eigenvalue weighted by Gasteiger charge is 2.45. The third kappa shape index (κ3) is 7.20. The predicted octanol–water partition coefficient (Wildman–Crippen LogP) is 15.6. The van der Waals surface area contributed by atoms with Gasteiger partial charge in [-0.2, -0.15) is 0 Å². The summed E-state index contributed by atoms with van der Waals surface area (Å²) in [6.07, 6.45) is 17.0. The number of benzene rings is 8. The van der Waals surface area contributed by atoms with Crippen LogP contribution in [0.15, 0.2) is 224 Å². The minimum atomic E-state index is -0.300. The number of fused-ring (bicyclic) bond motifs is 7. The van der Waals surface area contributed by atoms with E-state index in [2.05, 4.69) is 231 Å². The van der Waals surface area contributed by atoms with Gasteiger partial charge in [-0.3, -0.25) is 0 Å². The molecule has 0 amide bonds. The summed E-state index contributed by atoms with van der Waals surface area (Å²) in [5, 5.41) is 0. The Morgan fingerprint density at radius 3 is 1.85 bits per heavy atom. The van der Waals surface area contributed by atoms with E-state index in [0.717, 1.165) is 32.1 Å². The molecular weight excluding hydrogens is 721 g/mol. The van der Waals surface area contributed by atoms with Crippen molar-refractivity contribution in [2.24, 2.45) is 0 Å². The average molecular weight is 769 g/mol. The zero-order valence-corrected chi connectivity index (χ0v) is 34.0. The SMILES string of the molecule is C1=C\CC2(c3ccccc3CCC/1)c1cc(C/C=C(\C=C/c3ccccc3-c3ccccc3)c3ccccc3)ccc1-c1ccc(-c3ccc(-c4ccccc4)cc3)cc12. The molecule has 10 rings (SSSR count). The van der Waals surface area contributed by atoms with E-state index >= 15 is 0 Å². The standard InChI is InChI=1S/C60H48/c1-2-17-41-60(57-28-16-14-26-52(57)25-6-1)58-42-44(29-31-47(45-18-7-3-8-19-45)36-37-51-24-13-15-27-54(51)50-22-11-5-12-23-50)30-39-55(58)56-40-38-53(43-59(56)60)49-34-32-48(33-35-49)46-20-9-4-10-21-46/h2-5,7-24,26-28,30-40,42-43H,1,6,25,29,41H2/b17-2-,37-36-,47-31+. The molecular formula is C60H48. The highest BCUT2D eigenvalue weighted by atomic mass is 14.5. The molecule has 288 valence electrons. The molecule has 60 heavy (non-hydrogen) atoms. The number of rotatable bonds is 8. The first-order valence-electron chi connectivity index (χ1n) is 21.5. The van der Waals surface area contributed by atoms with Gasteiger partial charge in [0.2, 0.25) is 0 Å². The van der Waals surface area contributed by atoms with Crippen LogP contribution in [0.4, 0.5) is 0 Å². The van der Waals surface area contributed by atoms with E-state index < -0.39 is 0 Å². The van der Waals surface area contributed by atoms with Crippen molar-refractivity contribution in [1.82, 2.24) is 0 Å². The molecule has 2 aliphatic carbocycles. The Labute approximate surface area is 355 Å². The van der Waals surface area contributed by atoms with Gasteiger partial charge in [0.15, 0.2) is 0 Å². The first-order chi connectivity index (χ1) is 29.7. The lowest BCUT2D eigenvalue weighted by molar-refractivity contribution is 0.637. The van der Waals surface area contributed by atoms with Gasteiger partial charge in [-0.25, -0.2) is 0 Å². The van der Waals surface area contributed by atoms with E-state index in [1.807, 2.05) is 0 Å². The Morgan fingerprint density at radius 2 is 1.07 bits per heavy atom. The lowest BCUT2D eigenvalue weighted by atomic mass is 9.68. The van der Waals surface area contributed by atoms with Crippen LogP contribution in [0.2, 0.25) is 0 Å². The minimum Gasteiger partial charge on any atom is -0.0885 e. The molecule has 0 saturated heterocycles. The van der Waals surface area contributed by atoms with Gasteiger partial charge in [0.1, 0.15) is 0 Å². The molecule has 1 unspecified atom stereocenters. The van der Waals surface area contributed by atoms with E-state index in [1.165, 1.54) is 89.0 Å². The maximum Gasteiger partial charge on any atom is 0.0500 e. The third-order valence-electron chi connectivity index (χ3n) is 12.7. The second-order valence-electron chi connectivity index (χ2n) is 16.2. The number of aryl methyl sites for hydroxylation is 1. The fourth-order valence-corrected chi connectivity index (χ4v) is 9.65. The highest BCUT2D eigenvalue weighted by Crippen LogP contribution is 2.56. The lowest BCUT2D eigenvalue weighted by Crippen LogP contribution is -2.28. The van der Waals surface area contributed by atoms with Crippen LogP contribution in [-0.4, -0.2) is 0 Å². The molecule has 0 bridgehead atoms. The van der Waals surface area contributed by atoms with Crippen LogP contribution in [0.25, 0.3) is 56.2 Å². The van der Waals surface area contributed by atoms with Crippen LogP contribution in [0.1, 0.15) is 58.2 Å². The van der Waals surface area contributed by atoms with Gasteiger partial charge >= 0.3 is 0 Å². The fraction of sp³-hybridized carbons (Fsp3) is 0.100. The van der Waals surface area contributed by atoms with Crippen LogP contribution in [0.5, 0.6) is 0 Å². The van der Waals surface area contributed by atoms with E-state index in [9.17, 15) is 0 Å². The van der Waals surface area contributed by atoms with Crippen molar-refractivity contribution in [3.63, 3.8) is 0 Å². The van der Waals surface area contributed by atoms with Crippen molar-refractivity contribution >= 4 is 11.6 Å². The Morgan fingerprint density at radius 1 is 0.467 bits per heavy atom. The van der Waals surface area contributed by atoms with Gasteiger partial charge in [-0.1, -0.05) is 225 Å². The van der Waals surface area contributed by atoms with Crippen molar-refractivity contribution < 1.29 is 0 Å². The molecule has 8 aromatic carbocycles. The topological polar surface area (TPSA) is 0 Å². The Bertz CT molecular complexity index is 2860. The maximum absolute atomic E-state index is 2.54. The summed E-state index contributed by atoms with van der Waals surface area (Å²) in [6, 6.07) is 73.8. The Balaban J connectivity index is 1.07. The smallest absolute Gasteiger partial charge is 0.0500 e. The molecule has 0 heterocycles. The van der Waals surface area contributed by atoms with Crippen LogP contribution >= 0.6 is 0 Å². The molecule has 8 aromatic rings. The fourth-order valence-electron chi connectivity index (χ4n) is 9.65. The van der Waals surface area contributed by atoms with Crippen LogP contribution in [0.3, 0.4) is 0 Å². The molecule has 0 N–H and O–H groups in total. The second kappa shape index (κ2) is 16.7. The van der Waals surface area contributed by atoms with Crippen LogP contribution < -0.4 is 0 Å². The van der Waals surface area contributed by atoms with E-state index in [1.54, 1.807) is 0 Å². The van der Waals surface area contributed by atoms with Crippen molar-refractivity contribution in [2.45, 2.75) is 37.5 Å². The summed E-state index contributed by atoms with van der Waals surface area (Å²) in [5.41, 5.74) is 20.6. The summed E-state index contributed by atoms with van der Waals surface area (Å²) in [7, 11) is 0. The summed E-state index contributed by atoms with van der Waals surface area (Å²) < 4.78 is 0. The van der Waals surface area contributed by atoms with Gasteiger partial charge in [-0.15, -0.1) is 0 Å². The van der Waals surface area contributed by atoms with E-state index in [-0.39, 0.29) is 5.41 Å². The van der Waals surface area contributed by atoms with Crippen LogP contribution in [-0.2, 0) is 18.3 Å². The molecule has 0 heteroatoms. The summed E-state index contributed by atoms with van der Waals surface area (Å²) in [5.74, 6) is 0. The Kier molecular flexibility index (Phi) is 10.4. The van der Waals surface area contributed by atoms with Gasteiger partial charge < -0.3 is 0 Å². The third-order valence-corrected chi connectivity index (χ3v) is 12.7. The average Bonchev–Trinajstić information content (AvgIpc) is 3.64. The molecule has 2 aliphatic rings. The van der Waals surface area contributed by atoms with Gasteiger partial charge in [0, 0.05) is 0 Å². The zero-order valence-electron chi connectivity index (χ0n) is 34.0. The molecule has 0 radical (unpaired) electrons. The van der Waals surface area contributed by atoms with Crippen LogP contribution in [0, 0.1) is 0 Å². The number of allylic oxidation sites excluding steroid dienone is 5. The minimum absolute atomic E-state index is 0.300. The zero-order chi connectivity index (χ0) is 40.1. The van der Waals surface area contributed by atoms with E-state index in [4.69, 9.17) is 0 Å². The first kappa shape index (κ1) is 37.3. The lowest BCUT2D eigenvalue weighted by Gasteiger charge is -2.34. The molecule has 1 atom stereocenters. The largest absolute Gasteiger partial charge is 0.0885 e. The van der Waals surface area contributed by atoms with Gasteiger partial charge in [0.25, 0.3) is 0 Å². The molecule has 0 nitrogen and oxygen atoms in total. The number of hydrogen-bond acceptors (Lipinski definition) is 0. The predicted molar refractivity (Wildman–Crippen MR) is 255 cm³/mol. The molecule has 0 saturated carbocycles. The maximum atomic E-state index is 2.54. The normalized spacial score (nSPS) is 16.4. The Hall–Kier alpha value is -7.02. The monoisotopic (exact) mass is 768 g/mol.